The fraction of sp³-hybridized carbons (Fsp3) is 0.529. The van der Waals surface area contributed by atoms with Crippen LogP contribution < -0.4 is 5.32 Å². The minimum atomic E-state index is 0.141. The Balaban J connectivity index is 1.38. The van der Waals surface area contributed by atoms with Gasteiger partial charge in [-0.2, -0.15) is 4.98 Å². The number of nitrogens with zero attached hydrogens (tertiary/aromatic N) is 2. The summed E-state index contributed by atoms with van der Waals surface area (Å²) in [5.74, 6) is 3.97. The van der Waals surface area contributed by atoms with Gasteiger partial charge in [0.15, 0.2) is 5.82 Å². The van der Waals surface area contributed by atoms with E-state index in [1.807, 2.05) is 0 Å². The van der Waals surface area contributed by atoms with Crippen molar-refractivity contribution >= 4 is 5.69 Å². The highest BCUT2D eigenvalue weighted by Gasteiger charge is 2.42. The largest absolute Gasteiger partial charge is 0.373 e. The van der Waals surface area contributed by atoms with Crippen LogP contribution in [0.5, 0.6) is 0 Å². The molecule has 3 aliphatic rings. The van der Waals surface area contributed by atoms with E-state index in [1.165, 1.54) is 36.9 Å². The van der Waals surface area contributed by atoms with E-state index in [1.54, 1.807) is 0 Å². The molecule has 2 saturated carbocycles. The van der Waals surface area contributed by atoms with Crippen LogP contribution in [0.2, 0.25) is 0 Å². The maximum atomic E-state index is 5.58. The summed E-state index contributed by atoms with van der Waals surface area (Å²) in [5.41, 5.74) is 2.53. The topological polar surface area (TPSA) is 51.0 Å². The van der Waals surface area contributed by atoms with Gasteiger partial charge >= 0.3 is 0 Å². The molecule has 4 atom stereocenters. The molecule has 3 unspecified atom stereocenters. The number of fused-ring (bicyclic) bond motifs is 3. The number of rotatable bonds is 2. The Morgan fingerprint density at radius 3 is 2.90 bits per heavy atom. The second-order valence-corrected chi connectivity index (χ2v) is 6.83. The fourth-order valence-corrected chi connectivity index (χ4v) is 4.55. The van der Waals surface area contributed by atoms with Gasteiger partial charge in [-0.05, 0) is 42.7 Å². The number of para-hydroxylation sites is 1. The maximum Gasteiger partial charge on any atom is 0.249 e. The first-order valence-electron chi connectivity index (χ1n) is 8.05. The molecule has 2 bridgehead atoms. The van der Waals surface area contributed by atoms with E-state index >= 15 is 0 Å². The van der Waals surface area contributed by atoms with Gasteiger partial charge in [-0.1, -0.05) is 29.8 Å². The number of benzene rings is 1. The first-order chi connectivity index (χ1) is 10.4. The molecule has 1 aromatic carbocycles. The fourth-order valence-electron chi connectivity index (χ4n) is 4.55. The number of hydrogen-bond donors (Lipinski definition) is 1. The Hall–Kier alpha value is -1.84. The lowest BCUT2D eigenvalue weighted by Gasteiger charge is -2.17. The van der Waals surface area contributed by atoms with E-state index in [4.69, 9.17) is 9.51 Å². The summed E-state index contributed by atoms with van der Waals surface area (Å²) in [7, 11) is 0. The van der Waals surface area contributed by atoms with Crippen LogP contribution in [0, 0.1) is 11.8 Å². The van der Waals surface area contributed by atoms with Crippen LogP contribution in [-0.2, 0) is 6.42 Å². The lowest BCUT2D eigenvalue weighted by Crippen LogP contribution is -2.11. The van der Waals surface area contributed by atoms with Gasteiger partial charge in [0.1, 0.15) is 6.04 Å². The van der Waals surface area contributed by atoms with Crippen LogP contribution in [0.4, 0.5) is 5.69 Å². The van der Waals surface area contributed by atoms with Crippen LogP contribution in [-0.4, -0.2) is 10.1 Å². The normalized spacial score (nSPS) is 33.1. The summed E-state index contributed by atoms with van der Waals surface area (Å²) in [6.07, 6.45) is 6.34. The third kappa shape index (κ3) is 1.81. The van der Waals surface area contributed by atoms with Gasteiger partial charge in [-0.15, -0.1) is 0 Å². The Kier molecular flexibility index (Phi) is 2.43. The van der Waals surface area contributed by atoms with Crippen LogP contribution in [0.3, 0.4) is 0 Å². The van der Waals surface area contributed by atoms with Crippen molar-refractivity contribution in [1.82, 2.24) is 10.1 Å². The third-order valence-electron chi connectivity index (χ3n) is 5.60. The molecule has 108 valence electrons. The zero-order valence-corrected chi connectivity index (χ0v) is 12.0. The molecule has 0 spiro atoms. The maximum absolute atomic E-state index is 5.58. The SMILES string of the molecule is c1ccc2c(c1)C[C@@H](c1nc(C3CC4CCC3C4)no1)N2. The molecule has 2 aromatic rings. The molecular weight excluding hydrogens is 262 g/mol. The Bertz CT molecular complexity index is 655. The van der Waals surface area contributed by atoms with Crippen LogP contribution in [0.1, 0.15) is 54.9 Å². The van der Waals surface area contributed by atoms with Crippen molar-refractivity contribution in [2.75, 3.05) is 5.32 Å². The lowest BCUT2D eigenvalue weighted by atomic mass is 9.88. The van der Waals surface area contributed by atoms with Crippen molar-refractivity contribution in [2.45, 2.75) is 44.1 Å². The minimum Gasteiger partial charge on any atom is -0.373 e. The zero-order valence-electron chi connectivity index (χ0n) is 12.0. The molecule has 1 aliphatic heterocycles. The molecular formula is C17H19N3O. The van der Waals surface area contributed by atoms with Gasteiger partial charge < -0.3 is 9.84 Å². The molecule has 0 radical (unpaired) electrons. The molecule has 1 N–H and O–H groups in total. The van der Waals surface area contributed by atoms with Crippen molar-refractivity contribution in [3.8, 4) is 0 Å². The molecule has 2 fully saturated rings. The summed E-state index contributed by atoms with van der Waals surface area (Å²) >= 11 is 0. The molecule has 21 heavy (non-hydrogen) atoms. The number of hydrogen-bond acceptors (Lipinski definition) is 4. The molecule has 1 aromatic heterocycles. The second-order valence-electron chi connectivity index (χ2n) is 6.83. The Morgan fingerprint density at radius 1 is 1.14 bits per heavy atom. The van der Waals surface area contributed by atoms with Crippen molar-refractivity contribution in [1.29, 1.82) is 0 Å². The zero-order chi connectivity index (χ0) is 13.8. The monoisotopic (exact) mass is 281 g/mol. The van der Waals surface area contributed by atoms with E-state index in [0.29, 0.717) is 5.92 Å². The average Bonchev–Trinajstić information content (AvgIpc) is 3.27. The molecule has 2 heterocycles. The number of nitrogens with one attached hydrogen (secondary N) is 1. The molecule has 5 rings (SSSR count). The van der Waals surface area contributed by atoms with E-state index in [2.05, 4.69) is 34.7 Å². The summed E-state index contributed by atoms with van der Waals surface area (Å²) in [6.45, 7) is 0. The van der Waals surface area contributed by atoms with Gasteiger partial charge in [0, 0.05) is 18.0 Å². The minimum absolute atomic E-state index is 0.141. The van der Waals surface area contributed by atoms with Crippen molar-refractivity contribution in [3.63, 3.8) is 0 Å². The van der Waals surface area contributed by atoms with E-state index in [9.17, 15) is 0 Å². The molecule has 0 saturated heterocycles. The lowest BCUT2D eigenvalue weighted by molar-refractivity contribution is 0.343. The van der Waals surface area contributed by atoms with Gasteiger partial charge in [0.05, 0.1) is 0 Å². The third-order valence-corrected chi connectivity index (χ3v) is 5.60. The van der Waals surface area contributed by atoms with Crippen molar-refractivity contribution < 1.29 is 4.52 Å². The van der Waals surface area contributed by atoms with Crippen molar-refractivity contribution in [2.24, 2.45) is 11.8 Å². The molecule has 4 nitrogen and oxygen atoms in total. The highest BCUT2D eigenvalue weighted by atomic mass is 16.5. The summed E-state index contributed by atoms with van der Waals surface area (Å²) in [4.78, 5) is 4.74. The quantitative estimate of drug-likeness (QED) is 0.912. The summed E-state index contributed by atoms with van der Waals surface area (Å²) in [5, 5.41) is 7.79. The predicted octanol–water partition coefficient (Wildman–Crippen LogP) is 3.68. The smallest absolute Gasteiger partial charge is 0.249 e. The van der Waals surface area contributed by atoms with Gasteiger partial charge in [0.25, 0.3) is 0 Å². The number of aromatic nitrogens is 2. The Labute approximate surface area is 123 Å². The van der Waals surface area contributed by atoms with Crippen LogP contribution >= 0.6 is 0 Å². The Morgan fingerprint density at radius 2 is 2.10 bits per heavy atom. The standard InChI is InChI=1S/C17H19N3O/c1-2-4-14-12(3-1)9-15(18-14)17-19-16(20-21-17)13-8-10-5-6-11(13)7-10/h1-4,10-11,13,15,18H,5-9H2/t10?,11?,13?,15-/m0/s1. The molecule has 0 amide bonds. The average molecular weight is 281 g/mol. The first kappa shape index (κ1) is 11.8. The van der Waals surface area contributed by atoms with E-state index in [-0.39, 0.29) is 6.04 Å². The van der Waals surface area contributed by atoms with Crippen LogP contribution in [0.25, 0.3) is 0 Å². The van der Waals surface area contributed by atoms with E-state index in [0.717, 1.165) is 30.0 Å². The highest BCUT2D eigenvalue weighted by Crippen LogP contribution is 2.52. The second kappa shape index (κ2) is 4.33. The summed E-state index contributed by atoms with van der Waals surface area (Å²) < 4.78 is 5.58. The van der Waals surface area contributed by atoms with E-state index < -0.39 is 0 Å². The number of anilines is 1. The van der Waals surface area contributed by atoms with Crippen LogP contribution in [0.15, 0.2) is 28.8 Å². The highest BCUT2D eigenvalue weighted by molar-refractivity contribution is 5.56. The molecule has 4 heteroatoms. The predicted molar refractivity (Wildman–Crippen MR) is 79.0 cm³/mol. The van der Waals surface area contributed by atoms with Gasteiger partial charge in [0.2, 0.25) is 5.89 Å². The van der Waals surface area contributed by atoms with Crippen molar-refractivity contribution in [3.05, 3.63) is 41.5 Å². The molecule has 2 aliphatic carbocycles. The first-order valence-corrected chi connectivity index (χ1v) is 8.05. The van der Waals surface area contributed by atoms with Gasteiger partial charge in [-0.3, -0.25) is 0 Å². The van der Waals surface area contributed by atoms with Gasteiger partial charge in [-0.25, -0.2) is 0 Å². The summed E-state index contributed by atoms with van der Waals surface area (Å²) in [6, 6.07) is 8.56.